The molecule has 0 aromatic carbocycles. The first kappa shape index (κ1) is 417. The number of hydrogen-bond acceptors (Lipinski definition) is 0. The predicted octanol–water partition coefficient (Wildman–Crippen LogP) is -1.08. The van der Waals surface area contributed by atoms with Crippen LogP contribution in [0.2, 0.25) is 0 Å². The molecule has 0 aromatic heterocycles. The van der Waals surface area contributed by atoms with Crippen molar-refractivity contribution in [2.24, 2.45) is 0 Å². The van der Waals surface area contributed by atoms with Crippen molar-refractivity contribution in [1.29, 1.82) is 0 Å². The molecule has 0 bridgehead atoms. The summed E-state index contributed by atoms with van der Waals surface area (Å²) in [5.41, 5.74) is 0. The van der Waals surface area contributed by atoms with Gasteiger partial charge in [-0.15, -0.1) is 0 Å². The van der Waals surface area contributed by atoms with Gasteiger partial charge in [0.05, 0.1) is 0 Å². The second kappa shape index (κ2) is 340. The Kier molecular flexibility index (Phi) is 10900. The van der Waals surface area contributed by atoms with Crippen LogP contribution in [-0.4, -0.2) is 0 Å². The van der Waals surface area contributed by atoms with Crippen LogP contribution in [0.4, 0.5) is 0 Å². The number of hydrogen-bond donors (Lipinski definition) is 0. The molecule has 0 spiro atoms. The van der Waals surface area contributed by atoms with Gasteiger partial charge >= 0.3 is 46.9 Å². The molecule has 0 aromatic rings. The maximum Gasteiger partial charge on any atom is 3.00 e. The van der Waals surface area contributed by atoms with Gasteiger partial charge in [0.1, 0.15) is 0 Å². The third-order valence-corrected chi connectivity index (χ3v) is 0. The molecule has 4 radical (unpaired) electrons. The Balaban J connectivity index is 0. The Labute approximate surface area is 149 Å². The van der Waals surface area contributed by atoms with E-state index in [-0.39, 0.29) is 152 Å². The van der Waals surface area contributed by atoms with Gasteiger partial charge in [-0.25, -0.2) is 0 Å². The topological polar surface area (TPSA) is 256 Å². The molecule has 0 saturated heterocycles. The first-order valence-corrected chi connectivity index (χ1v) is 0. The van der Waals surface area contributed by atoms with E-state index >= 15 is 0 Å². The third-order valence-electron chi connectivity index (χ3n) is 0. The van der Waals surface area contributed by atoms with E-state index in [9.17, 15) is 0 Å². The Hall–Kier alpha value is 2.91. The van der Waals surface area contributed by atoms with Crippen molar-refractivity contribution in [3.8, 4) is 0 Å². The van der Waals surface area contributed by atoms with Crippen LogP contribution < -0.4 is 0 Å². The van der Waals surface area contributed by atoms with Crippen molar-refractivity contribution in [2.45, 2.75) is 0 Å². The quantitative estimate of drug-likeness (QED) is 0.410. The molecule has 13 heavy (non-hydrogen) atoms. The standard InChI is InChI=1S/9O.3V.Yb/q9*-2;;;;+3. The van der Waals surface area contributed by atoms with Gasteiger partial charge in [-0.1, -0.05) is 0 Å². The zero-order valence-electron chi connectivity index (χ0n) is 5.28. The Morgan fingerprint density at radius 3 is 0.231 bits per heavy atom. The smallest absolute Gasteiger partial charge is 2.00 e. The maximum atomic E-state index is 0. The largest absolute Gasteiger partial charge is 3.00 e. The van der Waals surface area contributed by atoms with Gasteiger partial charge in [0, 0.05) is 55.7 Å². The fourth-order valence-electron chi connectivity index (χ4n) is 0. The van der Waals surface area contributed by atoms with Crippen LogP contribution in [0.1, 0.15) is 0 Å². The van der Waals surface area contributed by atoms with Gasteiger partial charge in [0.25, 0.3) is 0 Å². The van der Waals surface area contributed by atoms with Crippen molar-refractivity contribution in [2.75, 3.05) is 0 Å². The molecule has 0 unspecified atom stereocenters. The Morgan fingerprint density at radius 1 is 0.231 bits per heavy atom. The summed E-state index contributed by atoms with van der Waals surface area (Å²) in [6.45, 7) is 0. The van der Waals surface area contributed by atoms with Crippen molar-refractivity contribution in [1.82, 2.24) is 0 Å². The van der Waals surface area contributed by atoms with E-state index in [0.29, 0.717) is 0 Å². The fourth-order valence-corrected chi connectivity index (χ4v) is 0. The summed E-state index contributed by atoms with van der Waals surface area (Å²) < 4.78 is 0. The van der Waals surface area contributed by atoms with E-state index < -0.39 is 0 Å². The van der Waals surface area contributed by atoms with E-state index in [2.05, 4.69) is 0 Å². The van der Waals surface area contributed by atoms with E-state index in [0.717, 1.165) is 0 Å². The summed E-state index contributed by atoms with van der Waals surface area (Å²) in [5.74, 6) is 0. The minimum Gasteiger partial charge on any atom is -2.00 e. The minimum absolute atomic E-state index is 0. The third kappa shape index (κ3) is 293. The van der Waals surface area contributed by atoms with Crippen molar-refractivity contribution >= 4 is 0 Å². The average Bonchev–Trinajstić information content (AvgIpc) is 0. The molecule has 0 fully saturated rings. The molecular weight excluding hydrogens is 470 g/mol. The molecular formula is O9V3Yb-15. The minimum atomic E-state index is 0. The summed E-state index contributed by atoms with van der Waals surface area (Å²) in [6.07, 6.45) is 0. The second-order valence-electron chi connectivity index (χ2n) is 0. The average molecular weight is 470 g/mol. The van der Waals surface area contributed by atoms with Gasteiger partial charge in [-0.3, -0.25) is 0 Å². The van der Waals surface area contributed by atoms with E-state index in [1.165, 1.54) is 0 Å². The maximum absolute atomic E-state index is 0. The molecule has 0 N–H and O–H groups in total. The first-order chi connectivity index (χ1) is 0. The predicted molar refractivity (Wildman–Crippen MR) is 6.18 cm³/mol. The first-order valence-electron chi connectivity index (χ1n) is 0. The molecule has 13 heteroatoms. The van der Waals surface area contributed by atoms with Crippen LogP contribution in [-0.2, 0) is 105 Å². The van der Waals surface area contributed by atoms with E-state index in [4.69, 9.17) is 0 Å². The van der Waals surface area contributed by atoms with Crippen LogP contribution in [0.5, 0.6) is 0 Å². The van der Waals surface area contributed by atoms with Crippen LogP contribution in [0.25, 0.3) is 0 Å². The van der Waals surface area contributed by atoms with Gasteiger partial charge in [0.15, 0.2) is 0 Å². The summed E-state index contributed by atoms with van der Waals surface area (Å²) in [6, 6.07) is 0. The van der Waals surface area contributed by atoms with Gasteiger partial charge in [-0.05, 0) is 0 Å². The summed E-state index contributed by atoms with van der Waals surface area (Å²) >= 11 is 0. The summed E-state index contributed by atoms with van der Waals surface area (Å²) in [4.78, 5) is 0. The van der Waals surface area contributed by atoms with Gasteiger partial charge in [-0.2, -0.15) is 0 Å². The monoisotopic (exact) mass is 471 g/mol. The molecule has 0 amide bonds. The molecule has 0 heterocycles. The van der Waals surface area contributed by atoms with Crippen LogP contribution >= 0.6 is 0 Å². The molecule has 0 rings (SSSR count). The molecule has 0 aliphatic heterocycles. The van der Waals surface area contributed by atoms with Crippen molar-refractivity contribution in [3.63, 3.8) is 0 Å². The van der Waals surface area contributed by atoms with Gasteiger partial charge in [0.2, 0.25) is 0 Å². The molecule has 0 aliphatic rings. The fraction of sp³-hybridized carbons (Fsp3) is 0. The number of rotatable bonds is 0. The van der Waals surface area contributed by atoms with E-state index in [1.54, 1.807) is 0 Å². The van der Waals surface area contributed by atoms with Crippen molar-refractivity contribution in [3.05, 3.63) is 0 Å². The van der Waals surface area contributed by atoms with Gasteiger partial charge < -0.3 is 49.3 Å². The summed E-state index contributed by atoms with van der Waals surface area (Å²) in [5, 5.41) is 0. The van der Waals surface area contributed by atoms with Crippen molar-refractivity contribution < 1.29 is 152 Å². The Morgan fingerprint density at radius 2 is 0.231 bits per heavy atom. The normalized spacial score (nSPS) is 0. The van der Waals surface area contributed by atoms with E-state index in [1.807, 2.05) is 0 Å². The zero-order valence-corrected chi connectivity index (χ0v) is 11.2. The zero-order chi connectivity index (χ0) is 0. The molecule has 9 nitrogen and oxygen atoms in total. The molecule has 98 valence electrons. The molecule has 0 aliphatic carbocycles. The second-order valence-corrected chi connectivity index (χ2v) is 0. The van der Waals surface area contributed by atoms with Crippen LogP contribution in [0.15, 0.2) is 0 Å². The SMILES string of the molecule is [O-2].[O-2].[O-2].[O-2].[O-2].[O-2].[O-2].[O-2].[O-2].[V].[V].[V].[Yb+3]. The molecule has 0 atom stereocenters. The molecule has 0 saturated carbocycles. The Bertz CT molecular complexity index is 14.8. The van der Waals surface area contributed by atoms with Crippen LogP contribution in [0, 0.1) is 46.9 Å². The summed E-state index contributed by atoms with van der Waals surface area (Å²) in [7, 11) is 0. The van der Waals surface area contributed by atoms with Crippen LogP contribution in [0.3, 0.4) is 0 Å².